The molecule has 0 spiro atoms. The van der Waals surface area contributed by atoms with Crippen LogP contribution in [0.25, 0.3) is 0 Å². The molecule has 0 aromatic heterocycles. The molecule has 0 radical (unpaired) electrons. The molecule has 1 heterocycles. The average Bonchev–Trinajstić information content (AvgIpc) is 1.62. The van der Waals surface area contributed by atoms with Crippen molar-refractivity contribution in [3.8, 4) is 5.75 Å². The summed E-state index contributed by atoms with van der Waals surface area (Å²) >= 11 is 0. The van der Waals surface area contributed by atoms with Gasteiger partial charge in [0.05, 0.1) is 44.6 Å². The summed E-state index contributed by atoms with van der Waals surface area (Å²) < 4.78 is 0. The van der Waals surface area contributed by atoms with Crippen LogP contribution in [0.5, 0.6) is 5.75 Å². The van der Waals surface area contributed by atoms with Gasteiger partial charge in [0.25, 0.3) is 0 Å². The van der Waals surface area contributed by atoms with Crippen molar-refractivity contribution in [2.24, 2.45) is 46.6 Å². The quantitative estimate of drug-likeness (QED) is 0.0270. The first-order valence-electron chi connectivity index (χ1n) is 36.6. The van der Waals surface area contributed by atoms with Crippen molar-refractivity contribution in [2.75, 3.05) is 32.7 Å². The Bertz CT molecular complexity index is 3380. The molecule has 0 unspecified atom stereocenters. The number of benzene rings is 1. The van der Waals surface area contributed by atoms with E-state index in [9.17, 15) is 102 Å². The lowest BCUT2D eigenvalue weighted by molar-refractivity contribution is -0.143. The molecule has 0 bridgehead atoms. The van der Waals surface area contributed by atoms with Gasteiger partial charge in [0, 0.05) is 19.4 Å². The largest absolute Gasteiger partial charge is 0.508 e. The minimum absolute atomic E-state index is 0.000940. The number of carbonyl (C=O) groups excluding carboxylic acids is 16. The number of aromatic hydroxyl groups is 1. The van der Waals surface area contributed by atoms with E-state index in [1.807, 2.05) is 0 Å². The fourth-order valence-corrected chi connectivity index (χ4v) is 11.3. The lowest BCUT2D eigenvalue weighted by Gasteiger charge is -2.32. The van der Waals surface area contributed by atoms with E-state index < -0.39 is 236 Å². The minimum atomic E-state index is -1.77. The molecular formula is C70H114N18O22. The molecule has 110 heavy (non-hydrogen) atoms. The third kappa shape index (κ3) is 35.2. The van der Waals surface area contributed by atoms with E-state index in [2.05, 4.69) is 69.1 Å². The van der Waals surface area contributed by atoms with Crippen LogP contribution >= 0.6 is 0 Å². The molecule has 14 atom stereocenters. The molecule has 0 saturated carbocycles. The zero-order chi connectivity index (χ0) is 83.4. The molecule has 40 nitrogen and oxygen atoms in total. The molecule has 1 fully saturated rings. The molecule has 1 saturated heterocycles. The normalized spacial score (nSPS) is 16.1. The maximum atomic E-state index is 14.6. The second kappa shape index (κ2) is 48.0. The minimum Gasteiger partial charge on any atom is -0.508 e. The maximum absolute atomic E-state index is 14.6. The van der Waals surface area contributed by atoms with Crippen LogP contribution < -0.4 is 92.1 Å². The van der Waals surface area contributed by atoms with Crippen LogP contribution in [-0.2, 0) is 92.7 Å². The Morgan fingerprint density at radius 2 is 0.982 bits per heavy atom. The van der Waals surface area contributed by atoms with Gasteiger partial charge in [-0.1, -0.05) is 73.9 Å². The number of primary amides is 2. The molecule has 1 aromatic carbocycles. The SMILES string of the molecule is CC[C@H](C)[C@H](NC(=O)[C@@H](N)CC(=O)O)C(=O)N[C@@H](CC(N)=O)C(=O)NCC(=O)NCC(=O)NCC(=O)N[C@@H](C)C(=O)N[C@H](C(=O)N[C@@H](CC(C)C)C(=O)N1CCC[C@H]1C(=O)N[C@@H](CCC(N)=O)C(=O)N[C@@H](CCCCN)C(=O)N[C@@H](CC(C)C)C(=O)N[C@@H](Cc1ccc(O)cc1)C(=O)N[C@@H](CC(C)C)C(=O)O)[C@@H](C)O. The van der Waals surface area contributed by atoms with Gasteiger partial charge in [0.2, 0.25) is 94.5 Å². The third-order valence-electron chi connectivity index (χ3n) is 17.4. The highest BCUT2D eigenvalue weighted by Gasteiger charge is 2.42. The number of likely N-dealkylation sites (tertiary alicyclic amines) is 1. The van der Waals surface area contributed by atoms with Gasteiger partial charge >= 0.3 is 11.9 Å². The van der Waals surface area contributed by atoms with E-state index in [1.54, 1.807) is 55.4 Å². The molecule has 25 N–H and O–H groups in total. The highest BCUT2D eigenvalue weighted by atomic mass is 16.4. The molecule has 1 aliphatic heterocycles. The van der Waals surface area contributed by atoms with Crippen molar-refractivity contribution >= 4 is 106 Å². The number of aliphatic carboxylic acids is 2. The Kier molecular flexibility index (Phi) is 41.7. The molecular weight excluding hydrogens is 1440 g/mol. The van der Waals surface area contributed by atoms with Gasteiger partial charge in [0.15, 0.2) is 0 Å². The molecule has 16 amide bonds. The zero-order valence-electron chi connectivity index (χ0n) is 64.0. The number of nitrogens with two attached hydrogens (primary N) is 4. The smallest absolute Gasteiger partial charge is 0.326 e. The van der Waals surface area contributed by atoms with Crippen LogP contribution in [0.3, 0.4) is 0 Å². The topological polar surface area (TPSA) is 652 Å². The molecule has 40 heteroatoms. The summed E-state index contributed by atoms with van der Waals surface area (Å²) in [6.07, 6.45) is -3.00. The number of hydrogen-bond donors (Lipinski definition) is 21. The first kappa shape index (κ1) is 95.4. The first-order chi connectivity index (χ1) is 51.5. The van der Waals surface area contributed by atoms with Crippen molar-refractivity contribution in [1.29, 1.82) is 0 Å². The summed E-state index contributed by atoms with van der Waals surface area (Å²) in [7, 11) is 0. The van der Waals surface area contributed by atoms with E-state index in [1.165, 1.54) is 36.1 Å². The number of carboxylic acids is 2. The van der Waals surface area contributed by atoms with Gasteiger partial charge in [-0.05, 0) is 120 Å². The first-order valence-corrected chi connectivity index (χ1v) is 36.6. The van der Waals surface area contributed by atoms with Crippen molar-refractivity contribution < 1.29 is 107 Å². The maximum Gasteiger partial charge on any atom is 0.326 e. The highest BCUT2D eigenvalue weighted by molar-refractivity contribution is 6.00. The highest BCUT2D eigenvalue weighted by Crippen LogP contribution is 2.22. The Labute approximate surface area is 637 Å². The van der Waals surface area contributed by atoms with Crippen molar-refractivity contribution in [2.45, 2.75) is 238 Å². The van der Waals surface area contributed by atoms with Crippen LogP contribution in [-0.4, -0.2) is 243 Å². The monoisotopic (exact) mass is 1560 g/mol. The Hall–Kier alpha value is -10.6. The second-order valence-corrected chi connectivity index (χ2v) is 28.5. The fraction of sp³-hybridized carbons (Fsp3) is 0.657. The third-order valence-corrected chi connectivity index (χ3v) is 17.4. The lowest BCUT2D eigenvalue weighted by Crippen LogP contribution is -2.61. The summed E-state index contributed by atoms with van der Waals surface area (Å²) in [6, 6.07) is -11.8. The summed E-state index contributed by atoms with van der Waals surface area (Å²) in [6.45, 7) is 13.9. The van der Waals surface area contributed by atoms with E-state index in [-0.39, 0.29) is 88.0 Å². The number of carbonyl (C=O) groups is 18. The number of nitrogens with one attached hydrogen (secondary N) is 13. The average molecular weight is 1560 g/mol. The van der Waals surface area contributed by atoms with Crippen LogP contribution in [0, 0.1) is 23.7 Å². The summed E-state index contributed by atoms with van der Waals surface area (Å²) in [5, 5.41) is 71.1. The van der Waals surface area contributed by atoms with Crippen LogP contribution in [0.15, 0.2) is 24.3 Å². The Morgan fingerprint density at radius 3 is 1.52 bits per heavy atom. The lowest BCUT2D eigenvalue weighted by atomic mass is 9.97. The van der Waals surface area contributed by atoms with E-state index in [4.69, 9.17) is 28.0 Å². The molecule has 1 aliphatic rings. The van der Waals surface area contributed by atoms with E-state index in [0.29, 0.717) is 18.4 Å². The van der Waals surface area contributed by atoms with Crippen LogP contribution in [0.2, 0.25) is 0 Å². The van der Waals surface area contributed by atoms with Crippen molar-refractivity contribution in [3.05, 3.63) is 29.8 Å². The predicted molar refractivity (Wildman–Crippen MR) is 393 cm³/mol. The number of carboxylic acid groups (broad SMARTS) is 2. The van der Waals surface area contributed by atoms with Crippen LogP contribution in [0.4, 0.5) is 0 Å². The molecule has 1 aromatic rings. The van der Waals surface area contributed by atoms with Crippen LogP contribution in [0.1, 0.15) is 158 Å². The van der Waals surface area contributed by atoms with Gasteiger partial charge in [0.1, 0.15) is 72.2 Å². The predicted octanol–water partition coefficient (Wildman–Crippen LogP) is -6.14. The van der Waals surface area contributed by atoms with Gasteiger partial charge < -0.3 is 117 Å². The molecule has 0 aliphatic carbocycles. The summed E-state index contributed by atoms with van der Waals surface area (Å²) in [5.41, 5.74) is 22.7. The number of rotatable bonds is 50. The standard InChI is InChI=1S/C70H114N18O22/c1-11-37(8)57(86-60(99)42(72)29-56(96)97)67(106)83-47(30-52(74)92)61(100)77-32-54(94)75-31-53(93)76-33-55(95)78-38(9)59(98)87-58(39(10)89)68(107)84-48(26-35(4)5)69(108)88-24-14-16-50(88)66(105)80-44(21-22-51(73)91)63(102)79-43(15-12-13-23-71)62(101)81-45(25-34(2)3)64(103)82-46(28-40-17-19-41(90)20-18-40)65(104)85-49(70(109)110)27-36(6)7/h17-20,34-39,42-50,57-58,89-90H,11-16,21-33,71-72H2,1-10H3,(H2,73,91)(H2,74,92)(H,75,94)(H,76,93)(H,77,100)(H,78,95)(H,79,102)(H,80,105)(H,81,101)(H,82,103)(H,83,106)(H,84,107)(H,85,104)(H,86,99)(H,87,98)(H,96,97)(H,109,110)/t37-,38-,39+,42-,43-,44-,45-,46-,47-,48-,49-,50-,57-,58-/m0/s1. The Morgan fingerprint density at radius 1 is 0.500 bits per heavy atom. The van der Waals surface area contributed by atoms with Gasteiger partial charge in [-0.25, -0.2) is 4.79 Å². The number of nitrogens with zero attached hydrogens (tertiary/aromatic N) is 1. The molecule has 616 valence electrons. The second-order valence-electron chi connectivity index (χ2n) is 28.5. The number of hydrogen-bond acceptors (Lipinski definition) is 22. The van der Waals surface area contributed by atoms with Crippen molar-refractivity contribution in [3.63, 3.8) is 0 Å². The summed E-state index contributed by atoms with van der Waals surface area (Å²) in [5.74, 6) is -19.2. The zero-order valence-corrected chi connectivity index (χ0v) is 64.0. The number of amides is 16. The Balaban J connectivity index is 2.22. The van der Waals surface area contributed by atoms with Gasteiger partial charge in [-0.2, -0.15) is 0 Å². The van der Waals surface area contributed by atoms with Gasteiger partial charge in [-0.3, -0.25) is 81.5 Å². The number of aliphatic hydroxyl groups excluding tert-OH is 1. The summed E-state index contributed by atoms with van der Waals surface area (Å²) in [4.78, 5) is 239. The number of unbranched alkanes of at least 4 members (excludes halogenated alkanes) is 1. The van der Waals surface area contributed by atoms with Crippen molar-refractivity contribution in [1.82, 2.24) is 74.0 Å². The fourth-order valence-electron chi connectivity index (χ4n) is 11.3. The van der Waals surface area contributed by atoms with E-state index in [0.717, 1.165) is 6.92 Å². The number of phenols is 1. The van der Waals surface area contributed by atoms with Gasteiger partial charge in [-0.15, -0.1) is 0 Å². The number of phenolic OH excluding ortho intramolecular Hbond substituents is 1. The number of aliphatic hydroxyl groups is 1. The molecule has 2 rings (SSSR count). The van der Waals surface area contributed by atoms with E-state index >= 15 is 0 Å².